The molecule has 0 aromatic rings. The summed E-state index contributed by atoms with van der Waals surface area (Å²) in [6.07, 6.45) is 0.868. The Balaban J connectivity index is 4.04. The molecular weight excluding hydrogens is 204 g/mol. The lowest BCUT2D eigenvalue weighted by atomic mass is 9.99. The van der Waals surface area contributed by atoms with Gasteiger partial charge in [0.1, 0.15) is 0 Å². The molecule has 2 unspecified atom stereocenters. The molecule has 0 rings (SSSR count). The van der Waals surface area contributed by atoms with Gasteiger partial charge in [0.05, 0.1) is 11.6 Å². The van der Waals surface area contributed by atoms with Gasteiger partial charge in [-0.2, -0.15) is 0 Å². The molecule has 2 N–H and O–H groups in total. The van der Waals surface area contributed by atoms with Crippen LogP contribution in [0.5, 0.6) is 0 Å². The summed E-state index contributed by atoms with van der Waals surface area (Å²) in [5.74, 6) is 0.0459. The topological polar surface area (TPSA) is 50.4 Å². The number of likely N-dealkylation sites (N-methyl/N-ethyl adjacent to an activating group) is 1. The second kappa shape index (κ2) is 6.86. The number of carbonyl (C=O) groups is 1. The molecule has 0 saturated carbocycles. The first-order valence-corrected chi connectivity index (χ1v) is 5.91. The molecule has 0 fully saturated rings. The second-order valence-corrected chi connectivity index (χ2v) is 4.85. The number of nitrogens with one attached hydrogen (secondary N) is 2. The molecule has 4 nitrogen and oxygen atoms in total. The second-order valence-electron chi connectivity index (χ2n) is 4.85. The van der Waals surface area contributed by atoms with Crippen LogP contribution in [0.4, 0.5) is 0 Å². The highest BCUT2D eigenvalue weighted by Gasteiger charge is 2.22. The van der Waals surface area contributed by atoms with Crippen molar-refractivity contribution in [1.29, 1.82) is 0 Å². The molecule has 0 spiro atoms. The van der Waals surface area contributed by atoms with E-state index < -0.39 is 0 Å². The monoisotopic (exact) mass is 230 g/mol. The molecule has 4 heteroatoms. The molecule has 0 aromatic heterocycles. The molecule has 0 aliphatic heterocycles. The van der Waals surface area contributed by atoms with E-state index in [1.54, 1.807) is 7.11 Å². The van der Waals surface area contributed by atoms with Crippen molar-refractivity contribution < 1.29 is 9.53 Å². The summed E-state index contributed by atoms with van der Waals surface area (Å²) < 4.78 is 5.36. The lowest BCUT2D eigenvalue weighted by Crippen LogP contribution is -2.47. The Labute approximate surface area is 99.1 Å². The SMILES string of the molecule is CCNC(=O)C(C)NC(C)CC(C)(C)OC. The van der Waals surface area contributed by atoms with E-state index in [2.05, 4.69) is 17.6 Å². The number of hydrogen-bond acceptors (Lipinski definition) is 3. The van der Waals surface area contributed by atoms with Crippen LogP contribution in [0.3, 0.4) is 0 Å². The van der Waals surface area contributed by atoms with Crippen LogP contribution in [-0.2, 0) is 9.53 Å². The Kier molecular flexibility index (Phi) is 6.60. The number of hydrogen-bond donors (Lipinski definition) is 2. The van der Waals surface area contributed by atoms with Gasteiger partial charge in [-0.25, -0.2) is 0 Å². The molecule has 96 valence electrons. The molecule has 0 saturated heterocycles. The van der Waals surface area contributed by atoms with Crippen molar-refractivity contribution in [3.05, 3.63) is 0 Å². The van der Waals surface area contributed by atoms with Crippen LogP contribution in [0.15, 0.2) is 0 Å². The van der Waals surface area contributed by atoms with E-state index in [-0.39, 0.29) is 23.6 Å². The fourth-order valence-corrected chi connectivity index (χ4v) is 1.71. The third kappa shape index (κ3) is 6.08. The maximum atomic E-state index is 11.5. The minimum Gasteiger partial charge on any atom is -0.379 e. The number of methoxy groups -OCH3 is 1. The summed E-state index contributed by atoms with van der Waals surface area (Å²) in [5, 5.41) is 6.06. The molecule has 0 aromatic carbocycles. The van der Waals surface area contributed by atoms with Crippen molar-refractivity contribution in [2.45, 2.75) is 58.7 Å². The van der Waals surface area contributed by atoms with Gasteiger partial charge in [0, 0.05) is 19.7 Å². The van der Waals surface area contributed by atoms with Gasteiger partial charge in [0.2, 0.25) is 5.91 Å². The predicted octanol–water partition coefficient (Wildman–Crippen LogP) is 1.30. The largest absolute Gasteiger partial charge is 0.379 e. The zero-order chi connectivity index (χ0) is 12.8. The van der Waals surface area contributed by atoms with Crippen LogP contribution in [0.1, 0.15) is 41.0 Å². The molecule has 0 heterocycles. The minimum absolute atomic E-state index is 0.0459. The van der Waals surface area contributed by atoms with Gasteiger partial charge in [-0.3, -0.25) is 4.79 Å². The van der Waals surface area contributed by atoms with E-state index in [9.17, 15) is 4.79 Å². The van der Waals surface area contributed by atoms with E-state index in [4.69, 9.17) is 4.74 Å². The summed E-state index contributed by atoms with van der Waals surface area (Å²) in [6.45, 7) is 10.6. The fraction of sp³-hybridized carbons (Fsp3) is 0.917. The van der Waals surface area contributed by atoms with Crippen molar-refractivity contribution in [1.82, 2.24) is 10.6 Å². The van der Waals surface area contributed by atoms with Gasteiger partial charge < -0.3 is 15.4 Å². The number of rotatable bonds is 7. The van der Waals surface area contributed by atoms with E-state index in [0.717, 1.165) is 6.42 Å². The summed E-state index contributed by atoms with van der Waals surface area (Å²) in [7, 11) is 1.71. The van der Waals surface area contributed by atoms with Gasteiger partial charge in [-0.05, 0) is 41.0 Å². The maximum absolute atomic E-state index is 11.5. The molecule has 0 aliphatic rings. The van der Waals surface area contributed by atoms with Crippen molar-refractivity contribution in [2.75, 3.05) is 13.7 Å². The first-order chi connectivity index (χ1) is 7.32. The summed E-state index contributed by atoms with van der Waals surface area (Å²) >= 11 is 0. The normalized spacial score (nSPS) is 15.6. The van der Waals surface area contributed by atoms with E-state index in [0.29, 0.717) is 6.54 Å². The van der Waals surface area contributed by atoms with Crippen LogP contribution < -0.4 is 10.6 Å². The Morgan fingerprint density at radius 1 is 1.38 bits per heavy atom. The molecular formula is C12H26N2O2. The summed E-state index contributed by atoms with van der Waals surface area (Å²) in [4.78, 5) is 11.5. The highest BCUT2D eigenvalue weighted by molar-refractivity contribution is 5.81. The molecule has 2 atom stereocenters. The van der Waals surface area contributed by atoms with Crippen LogP contribution in [0.2, 0.25) is 0 Å². The lowest BCUT2D eigenvalue weighted by molar-refractivity contribution is -0.123. The highest BCUT2D eigenvalue weighted by Crippen LogP contribution is 2.15. The van der Waals surface area contributed by atoms with Crippen LogP contribution in [0, 0.1) is 0 Å². The van der Waals surface area contributed by atoms with Crippen molar-refractivity contribution in [3.8, 4) is 0 Å². The van der Waals surface area contributed by atoms with E-state index in [1.807, 2.05) is 27.7 Å². The molecule has 1 amide bonds. The first kappa shape index (κ1) is 15.4. The Hall–Kier alpha value is -0.610. The van der Waals surface area contributed by atoms with Gasteiger partial charge in [-0.15, -0.1) is 0 Å². The molecule has 0 radical (unpaired) electrons. The highest BCUT2D eigenvalue weighted by atomic mass is 16.5. The first-order valence-electron chi connectivity index (χ1n) is 5.91. The zero-order valence-electron chi connectivity index (χ0n) is 11.4. The minimum atomic E-state index is -0.164. The molecule has 16 heavy (non-hydrogen) atoms. The zero-order valence-corrected chi connectivity index (χ0v) is 11.4. The van der Waals surface area contributed by atoms with Gasteiger partial charge in [-0.1, -0.05) is 0 Å². The van der Waals surface area contributed by atoms with Crippen LogP contribution in [0.25, 0.3) is 0 Å². The van der Waals surface area contributed by atoms with Crippen LogP contribution in [-0.4, -0.2) is 37.2 Å². The quantitative estimate of drug-likeness (QED) is 0.693. The van der Waals surface area contributed by atoms with Crippen molar-refractivity contribution >= 4 is 5.91 Å². The van der Waals surface area contributed by atoms with Gasteiger partial charge in [0.15, 0.2) is 0 Å². The van der Waals surface area contributed by atoms with E-state index in [1.165, 1.54) is 0 Å². The van der Waals surface area contributed by atoms with Crippen molar-refractivity contribution in [2.24, 2.45) is 0 Å². The average Bonchev–Trinajstić information content (AvgIpc) is 2.17. The Morgan fingerprint density at radius 3 is 2.38 bits per heavy atom. The Morgan fingerprint density at radius 2 is 1.94 bits per heavy atom. The van der Waals surface area contributed by atoms with Crippen LogP contribution >= 0.6 is 0 Å². The van der Waals surface area contributed by atoms with E-state index >= 15 is 0 Å². The number of ether oxygens (including phenoxy) is 1. The molecule has 0 aliphatic carbocycles. The third-order valence-corrected chi connectivity index (χ3v) is 2.63. The average molecular weight is 230 g/mol. The number of amides is 1. The lowest BCUT2D eigenvalue weighted by Gasteiger charge is -2.28. The Bertz CT molecular complexity index is 217. The summed E-state index contributed by atoms with van der Waals surface area (Å²) in [6, 6.07) is 0.0789. The molecule has 0 bridgehead atoms. The third-order valence-electron chi connectivity index (χ3n) is 2.63. The fourth-order valence-electron chi connectivity index (χ4n) is 1.71. The standard InChI is InChI=1S/C12H26N2O2/c1-7-13-11(15)10(3)14-9(2)8-12(4,5)16-6/h9-10,14H,7-8H2,1-6H3,(H,13,15). The van der Waals surface area contributed by atoms with Gasteiger partial charge >= 0.3 is 0 Å². The summed E-state index contributed by atoms with van der Waals surface area (Å²) in [5.41, 5.74) is -0.159. The number of carbonyl (C=O) groups excluding carboxylic acids is 1. The smallest absolute Gasteiger partial charge is 0.236 e. The maximum Gasteiger partial charge on any atom is 0.236 e. The van der Waals surface area contributed by atoms with Gasteiger partial charge in [0.25, 0.3) is 0 Å². The van der Waals surface area contributed by atoms with Crippen molar-refractivity contribution in [3.63, 3.8) is 0 Å². The predicted molar refractivity (Wildman–Crippen MR) is 66.4 cm³/mol.